The standard InChI is InChI=1S/C28H48O/c1-18(2)19(3)7-8-20(4)24-11-12-25-23-10-9-21-17-22(29)13-15-27(21,5)26(23)14-16-28(24,25)6/h9,18-20,22-26,29H,7-8,10-17H2,1-6H3/t19-,20-,22+,23+,24-,25+,26+,27+,28-/m0/s1. The first-order valence-electron chi connectivity index (χ1n) is 13.0. The van der Waals surface area contributed by atoms with Crippen molar-refractivity contribution in [2.24, 2.45) is 52.3 Å². The minimum atomic E-state index is -0.0790. The molecule has 4 aliphatic carbocycles. The number of hydrogen-bond acceptors (Lipinski definition) is 1. The highest BCUT2D eigenvalue weighted by molar-refractivity contribution is 5.25. The van der Waals surface area contributed by atoms with Gasteiger partial charge in [0.05, 0.1) is 6.10 Å². The molecule has 0 spiro atoms. The van der Waals surface area contributed by atoms with Crippen molar-refractivity contribution in [2.45, 2.75) is 112 Å². The Kier molecular flexibility index (Phi) is 6.04. The Morgan fingerprint density at radius 1 is 0.966 bits per heavy atom. The van der Waals surface area contributed by atoms with Gasteiger partial charge in [0.2, 0.25) is 0 Å². The second-order valence-corrected chi connectivity index (χ2v) is 12.7. The smallest absolute Gasteiger partial charge is 0.0577 e. The zero-order valence-corrected chi connectivity index (χ0v) is 20.2. The molecule has 166 valence electrons. The van der Waals surface area contributed by atoms with Gasteiger partial charge in [-0.05, 0) is 104 Å². The monoisotopic (exact) mass is 400 g/mol. The molecule has 0 aromatic rings. The van der Waals surface area contributed by atoms with Crippen LogP contribution in [0.1, 0.15) is 106 Å². The molecule has 0 radical (unpaired) electrons. The summed E-state index contributed by atoms with van der Waals surface area (Å²) < 4.78 is 0. The van der Waals surface area contributed by atoms with Crippen LogP contribution in [0.3, 0.4) is 0 Å². The van der Waals surface area contributed by atoms with Gasteiger partial charge in [0.1, 0.15) is 0 Å². The maximum Gasteiger partial charge on any atom is 0.0577 e. The van der Waals surface area contributed by atoms with Gasteiger partial charge in [-0.2, -0.15) is 0 Å². The lowest BCUT2D eigenvalue weighted by atomic mass is 9.47. The van der Waals surface area contributed by atoms with E-state index >= 15 is 0 Å². The summed E-state index contributed by atoms with van der Waals surface area (Å²) in [6, 6.07) is 0. The minimum Gasteiger partial charge on any atom is -0.393 e. The summed E-state index contributed by atoms with van der Waals surface area (Å²) in [4.78, 5) is 0. The molecule has 1 nitrogen and oxygen atoms in total. The Bertz CT molecular complexity index is 620. The summed E-state index contributed by atoms with van der Waals surface area (Å²) >= 11 is 0. The average Bonchev–Trinajstić information content (AvgIpc) is 3.03. The normalized spacial score (nSPS) is 46.5. The molecule has 29 heavy (non-hydrogen) atoms. The topological polar surface area (TPSA) is 20.2 Å². The van der Waals surface area contributed by atoms with E-state index in [0.717, 1.165) is 54.3 Å². The molecule has 0 bridgehead atoms. The maximum absolute atomic E-state index is 10.2. The van der Waals surface area contributed by atoms with Crippen molar-refractivity contribution in [3.05, 3.63) is 11.6 Å². The van der Waals surface area contributed by atoms with Crippen molar-refractivity contribution in [1.29, 1.82) is 0 Å². The fraction of sp³-hybridized carbons (Fsp3) is 0.929. The highest BCUT2D eigenvalue weighted by atomic mass is 16.3. The molecule has 0 unspecified atom stereocenters. The number of aliphatic hydroxyl groups is 1. The minimum absolute atomic E-state index is 0.0790. The maximum atomic E-state index is 10.2. The Balaban J connectivity index is 1.49. The molecular formula is C28H48O. The zero-order valence-electron chi connectivity index (χ0n) is 20.2. The summed E-state index contributed by atoms with van der Waals surface area (Å²) in [5.41, 5.74) is 2.59. The zero-order chi connectivity index (χ0) is 21.0. The third kappa shape index (κ3) is 3.66. The van der Waals surface area contributed by atoms with Crippen molar-refractivity contribution in [2.75, 3.05) is 0 Å². The van der Waals surface area contributed by atoms with E-state index in [-0.39, 0.29) is 6.10 Å². The van der Waals surface area contributed by atoms with Gasteiger partial charge in [0.15, 0.2) is 0 Å². The Morgan fingerprint density at radius 2 is 1.72 bits per heavy atom. The lowest BCUT2D eigenvalue weighted by molar-refractivity contribution is -0.0574. The number of rotatable bonds is 5. The molecule has 4 rings (SSSR count). The average molecular weight is 401 g/mol. The van der Waals surface area contributed by atoms with E-state index in [0.29, 0.717) is 10.8 Å². The number of allylic oxidation sites excluding steroid dienone is 1. The molecule has 0 saturated heterocycles. The largest absolute Gasteiger partial charge is 0.393 e. The van der Waals surface area contributed by atoms with Gasteiger partial charge in [-0.25, -0.2) is 0 Å². The van der Waals surface area contributed by atoms with Crippen molar-refractivity contribution in [3.8, 4) is 0 Å². The SMILES string of the molecule is CC(C)[C@@H](C)CC[C@H](C)[C@@H]1CC[C@@H]2[C@H]3CC=C4C[C@H](O)CC[C@@]4(C)[C@@H]3CC[C@]21C. The first kappa shape index (κ1) is 21.9. The van der Waals surface area contributed by atoms with Gasteiger partial charge < -0.3 is 5.11 Å². The van der Waals surface area contributed by atoms with Gasteiger partial charge in [-0.15, -0.1) is 0 Å². The van der Waals surface area contributed by atoms with Crippen LogP contribution in [0.5, 0.6) is 0 Å². The molecule has 0 aliphatic heterocycles. The summed E-state index contributed by atoms with van der Waals surface area (Å²) in [6.45, 7) is 15.1. The molecule has 1 heteroatoms. The molecule has 3 fully saturated rings. The van der Waals surface area contributed by atoms with Crippen LogP contribution in [0.2, 0.25) is 0 Å². The van der Waals surface area contributed by atoms with Crippen molar-refractivity contribution < 1.29 is 5.11 Å². The van der Waals surface area contributed by atoms with Crippen LogP contribution in [0.4, 0.5) is 0 Å². The number of hydrogen-bond donors (Lipinski definition) is 1. The lowest BCUT2D eigenvalue weighted by Crippen LogP contribution is -2.50. The molecule has 0 aromatic heterocycles. The number of fused-ring (bicyclic) bond motifs is 5. The molecule has 1 N–H and O–H groups in total. The van der Waals surface area contributed by atoms with Crippen LogP contribution in [-0.2, 0) is 0 Å². The fourth-order valence-electron chi connectivity index (χ4n) is 8.68. The molecule has 0 heterocycles. The molecule has 9 atom stereocenters. The molecule has 4 aliphatic rings. The van der Waals surface area contributed by atoms with Crippen LogP contribution < -0.4 is 0 Å². The molecule has 3 saturated carbocycles. The van der Waals surface area contributed by atoms with E-state index in [9.17, 15) is 5.11 Å². The van der Waals surface area contributed by atoms with Gasteiger partial charge in [-0.1, -0.05) is 66.0 Å². The Morgan fingerprint density at radius 3 is 2.45 bits per heavy atom. The first-order chi connectivity index (χ1) is 13.7. The highest BCUT2D eigenvalue weighted by Crippen LogP contribution is 2.67. The number of aliphatic hydroxyl groups excluding tert-OH is 1. The van der Waals surface area contributed by atoms with E-state index < -0.39 is 0 Å². The van der Waals surface area contributed by atoms with E-state index in [2.05, 4.69) is 47.6 Å². The molecule has 0 aromatic carbocycles. The van der Waals surface area contributed by atoms with Gasteiger partial charge in [0.25, 0.3) is 0 Å². The lowest BCUT2D eigenvalue weighted by Gasteiger charge is -2.58. The van der Waals surface area contributed by atoms with E-state index in [1.165, 1.54) is 51.4 Å². The summed E-state index contributed by atoms with van der Waals surface area (Å²) in [7, 11) is 0. The first-order valence-corrected chi connectivity index (χ1v) is 13.0. The van der Waals surface area contributed by atoms with Crippen molar-refractivity contribution in [1.82, 2.24) is 0 Å². The van der Waals surface area contributed by atoms with Crippen LogP contribution in [0.15, 0.2) is 11.6 Å². The van der Waals surface area contributed by atoms with Crippen LogP contribution in [0.25, 0.3) is 0 Å². The second-order valence-electron chi connectivity index (χ2n) is 12.7. The third-order valence-corrected chi connectivity index (χ3v) is 11.1. The summed E-state index contributed by atoms with van der Waals surface area (Å²) in [5.74, 6) is 6.24. The highest BCUT2D eigenvalue weighted by Gasteiger charge is 2.59. The molecular weight excluding hydrogens is 352 g/mol. The van der Waals surface area contributed by atoms with E-state index in [4.69, 9.17) is 0 Å². The predicted molar refractivity (Wildman–Crippen MR) is 124 cm³/mol. The Labute approximate surface area is 181 Å². The summed E-state index contributed by atoms with van der Waals surface area (Å²) in [6.07, 6.45) is 15.7. The van der Waals surface area contributed by atoms with Crippen LogP contribution in [0, 0.1) is 52.3 Å². The van der Waals surface area contributed by atoms with Crippen LogP contribution >= 0.6 is 0 Å². The third-order valence-electron chi connectivity index (χ3n) is 11.1. The van der Waals surface area contributed by atoms with Gasteiger partial charge >= 0.3 is 0 Å². The van der Waals surface area contributed by atoms with Crippen molar-refractivity contribution in [3.63, 3.8) is 0 Å². The van der Waals surface area contributed by atoms with Gasteiger partial charge in [-0.3, -0.25) is 0 Å². The van der Waals surface area contributed by atoms with Crippen molar-refractivity contribution >= 4 is 0 Å². The van der Waals surface area contributed by atoms with Crippen LogP contribution in [-0.4, -0.2) is 11.2 Å². The summed E-state index contributed by atoms with van der Waals surface area (Å²) in [5, 5.41) is 10.2. The molecule has 0 amide bonds. The Hall–Kier alpha value is -0.300. The van der Waals surface area contributed by atoms with E-state index in [1.54, 1.807) is 5.57 Å². The van der Waals surface area contributed by atoms with E-state index in [1.807, 2.05) is 0 Å². The fourth-order valence-corrected chi connectivity index (χ4v) is 8.68. The predicted octanol–water partition coefficient (Wildman–Crippen LogP) is 7.63. The quantitative estimate of drug-likeness (QED) is 0.470. The second kappa shape index (κ2) is 7.99. The van der Waals surface area contributed by atoms with Gasteiger partial charge in [0, 0.05) is 0 Å².